The second kappa shape index (κ2) is 5.35. The molecule has 2 rings (SSSR count). The van der Waals surface area contributed by atoms with E-state index in [-0.39, 0.29) is 0 Å². The minimum atomic E-state index is 0.373. The number of amidine groups is 1. The Morgan fingerprint density at radius 2 is 1.82 bits per heavy atom. The molecule has 0 saturated heterocycles. The zero-order valence-electron chi connectivity index (χ0n) is 10.7. The normalized spacial score (nSPS) is 20.2. The number of hydrogen-bond donors (Lipinski definition) is 1. The van der Waals surface area contributed by atoms with Crippen molar-refractivity contribution < 1.29 is 0 Å². The molecule has 1 fully saturated rings. The van der Waals surface area contributed by atoms with Crippen molar-refractivity contribution in [3.05, 3.63) is 35.9 Å². The van der Waals surface area contributed by atoms with Gasteiger partial charge in [-0.25, -0.2) is 0 Å². The molecule has 0 radical (unpaired) electrons. The van der Waals surface area contributed by atoms with Crippen LogP contribution in [0.1, 0.15) is 44.6 Å². The highest BCUT2D eigenvalue weighted by Gasteiger charge is 2.26. The summed E-state index contributed by atoms with van der Waals surface area (Å²) in [5, 5.41) is 0. The third kappa shape index (κ3) is 3.32. The molecule has 0 heterocycles. The monoisotopic (exact) mass is 230 g/mol. The molecule has 1 aliphatic carbocycles. The summed E-state index contributed by atoms with van der Waals surface area (Å²) in [6.07, 6.45) is 6.65. The number of nitrogens with zero attached hydrogens (tertiary/aromatic N) is 1. The van der Waals surface area contributed by atoms with E-state index in [1.54, 1.807) is 0 Å². The number of rotatable bonds is 3. The van der Waals surface area contributed by atoms with Gasteiger partial charge in [0, 0.05) is 12.1 Å². The zero-order valence-corrected chi connectivity index (χ0v) is 10.7. The average Bonchev–Trinajstić information content (AvgIpc) is 2.38. The Bertz CT molecular complexity index is 375. The van der Waals surface area contributed by atoms with Crippen LogP contribution in [0, 0.1) is 5.41 Å². The van der Waals surface area contributed by atoms with E-state index in [4.69, 9.17) is 5.73 Å². The molecule has 2 heteroatoms. The SMILES string of the molecule is CC1(CN=C(N)c2ccccc2)CCCCC1. The first-order valence-electron chi connectivity index (χ1n) is 6.55. The van der Waals surface area contributed by atoms with Crippen molar-refractivity contribution in [3.8, 4) is 0 Å². The molecule has 0 atom stereocenters. The fourth-order valence-corrected chi connectivity index (χ4v) is 2.54. The average molecular weight is 230 g/mol. The van der Waals surface area contributed by atoms with Crippen molar-refractivity contribution >= 4 is 5.84 Å². The topological polar surface area (TPSA) is 38.4 Å². The lowest BCUT2D eigenvalue weighted by Gasteiger charge is -2.32. The molecule has 17 heavy (non-hydrogen) atoms. The summed E-state index contributed by atoms with van der Waals surface area (Å²) >= 11 is 0. The molecular weight excluding hydrogens is 208 g/mol. The summed E-state index contributed by atoms with van der Waals surface area (Å²) < 4.78 is 0. The highest BCUT2D eigenvalue weighted by molar-refractivity contribution is 5.97. The van der Waals surface area contributed by atoms with Crippen LogP contribution in [0.4, 0.5) is 0 Å². The minimum absolute atomic E-state index is 0.373. The van der Waals surface area contributed by atoms with E-state index in [0.717, 1.165) is 12.1 Å². The van der Waals surface area contributed by atoms with Crippen LogP contribution in [0.3, 0.4) is 0 Å². The predicted octanol–water partition coefficient (Wildman–Crippen LogP) is 3.36. The Labute approximate surface area is 104 Å². The second-order valence-electron chi connectivity index (χ2n) is 5.44. The summed E-state index contributed by atoms with van der Waals surface area (Å²) in [7, 11) is 0. The molecule has 2 nitrogen and oxygen atoms in total. The third-order valence-corrected chi connectivity index (χ3v) is 3.76. The lowest BCUT2D eigenvalue weighted by atomic mass is 9.76. The third-order valence-electron chi connectivity index (χ3n) is 3.76. The van der Waals surface area contributed by atoms with Gasteiger partial charge in [0.2, 0.25) is 0 Å². The van der Waals surface area contributed by atoms with Crippen LogP contribution in [0.25, 0.3) is 0 Å². The van der Waals surface area contributed by atoms with Crippen molar-refractivity contribution in [2.24, 2.45) is 16.1 Å². The van der Waals surface area contributed by atoms with E-state index in [0.29, 0.717) is 11.3 Å². The van der Waals surface area contributed by atoms with E-state index in [9.17, 15) is 0 Å². The predicted molar refractivity (Wildman–Crippen MR) is 73.2 cm³/mol. The molecule has 0 spiro atoms. The largest absolute Gasteiger partial charge is 0.384 e. The molecular formula is C15H22N2. The molecule has 0 aliphatic heterocycles. The van der Waals surface area contributed by atoms with E-state index < -0.39 is 0 Å². The summed E-state index contributed by atoms with van der Waals surface area (Å²) in [6, 6.07) is 10.0. The smallest absolute Gasteiger partial charge is 0.125 e. The Hall–Kier alpha value is -1.31. The van der Waals surface area contributed by atoms with Gasteiger partial charge in [-0.05, 0) is 18.3 Å². The first-order chi connectivity index (χ1) is 8.20. The molecule has 0 aromatic heterocycles. The van der Waals surface area contributed by atoms with Crippen molar-refractivity contribution in [1.29, 1.82) is 0 Å². The molecule has 0 bridgehead atoms. The van der Waals surface area contributed by atoms with Crippen LogP contribution >= 0.6 is 0 Å². The van der Waals surface area contributed by atoms with Crippen molar-refractivity contribution in [2.45, 2.75) is 39.0 Å². The highest BCUT2D eigenvalue weighted by atomic mass is 14.9. The second-order valence-corrected chi connectivity index (χ2v) is 5.44. The molecule has 1 aromatic rings. The van der Waals surface area contributed by atoms with Crippen LogP contribution in [0.15, 0.2) is 35.3 Å². The van der Waals surface area contributed by atoms with Gasteiger partial charge in [-0.3, -0.25) is 4.99 Å². The van der Waals surface area contributed by atoms with Crippen LogP contribution < -0.4 is 5.73 Å². The van der Waals surface area contributed by atoms with Crippen molar-refractivity contribution in [3.63, 3.8) is 0 Å². The van der Waals surface area contributed by atoms with Gasteiger partial charge >= 0.3 is 0 Å². The molecule has 2 N–H and O–H groups in total. The molecule has 1 saturated carbocycles. The highest BCUT2D eigenvalue weighted by Crippen LogP contribution is 2.35. The number of nitrogens with two attached hydrogens (primary N) is 1. The van der Waals surface area contributed by atoms with Crippen molar-refractivity contribution in [2.75, 3.05) is 6.54 Å². The fraction of sp³-hybridized carbons (Fsp3) is 0.533. The first kappa shape index (κ1) is 12.2. The maximum Gasteiger partial charge on any atom is 0.125 e. The summed E-state index contributed by atoms with van der Waals surface area (Å²) in [4.78, 5) is 4.58. The fourth-order valence-electron chi connectivity index (χ4n) is 2.54. The Morgan fingerprint density at radius 3 is 2.47 bits per heavy atom. The Balaban J connectivity index is 2.00. The molecule has 1 aliphatic rings. The van der Waals surface area contributed by atoms with Gasteiger partial charge in [-0.15, -0.1) is 0 Å². The lowest BCUT2D eigenvalue weighted by Crippen LogP contribution is -2.25. The Kier molecular flexibility index (Phi) is 3.82. The summed E-state index contributed by atoms with van der Waals surface area (Å²) in [5.41, 5.74) is 7.43. The molecule has 1 aromatic carbocycles. The molecule has 0 amide bonds. The lowest BCUT2D eigenvalue weighted by molar-refractivity contribution is 0.227. The van der Waals surface area contributed by atoms with Gasteiger partial charge < -0.3 is 5.73 Å². The summed E-state index contributed by atoms with van der Waals surface area (Å²) in [6.45, 7) is 3.21. The van der Waals surface area contributed by atoms with Gasteiger partial charge in [0.1, 0.15) is 5.84 Å². The van der Waals surface area contributed by atoms with Crippen LogP contribution in [-0.2, 0) is 0 Å². The zero-order chi connectivity index (χ0) is 12.1. The first-order valence-corrected chi connectivity index (χ1v) is 6.55. The van der Waals surface area contributed by atoms with E-state index in [1.807, 2.05) is 30.3 Å². The van der Waals surface area contributed by atoms with Gasteiger partial charge in [0.05, 0.1) is 0 Å². The van der Waals surface area contributed by atoms with Crippen LogP contribution in [0.5, 0.6) is 0 Å². The summed E-state index contributed by atoms with van der Waals surface area (Å²) in [5.74, 6) is 0.678. The maximum absolute atomic E-state index is 6.02. The van der Waals surface area contributed by atoms with Crippen LogP contribution in [-0.4, -0.2) is 12.4 Å². The number of hydrogen-bond acceptors (Lipinski definition) is 1. The Morgan fingerprint density at radius 1 is 1.18 bits per heavy atom. The van der Waals surface area contributed by atoms with E-state index >= 15 is 0 Å². The van der Waals surface area contributed by atoms with Gasteiger partial charge in [0.25, 0.3) is 0 Å². The van der Waals surface area contributed by atoms with E-state index in [2.05, 4.69) is 11.9 Å². The number of aliphatic imine (C=N–C) groups is 1. The molecule has 0 unspecified atom stereocenters. The minimum Gasteiger partial charge on any atom is -0.384 e. The quantitative estimate of drug-likeness (QED) is 0.627. The number of benzene rings is 1. The van der Waals surface area contributed by atoms with Crippen LogP contribution in [0.2, 0.25) is 0 Å². The maximum atomic E-state index is 6.02. The van der Waals surface area contributed by atoms with Crippen molar-refractivity contribution in [1.82, 2.24) is 0 Å². The molecule has 92 valence electrons. The van der Waals surface area contributed by atoms with E-state index in [1.165, 1.54) is 32.1 Å². The van der Waals surface area contributed by atoms with Gasteiger partial charge in [-0.2, -0.15) is 0 Å². The van der Waals surface area contributed by atoms with Gasteiger partial charge in [0.15, 0.2) is 0 Å². The van der Waals surface area contributed by atoms with Gasteiger partial charge in [-0.1, -0.05) is 56.5 Å². The standard InChI is InChI=1S/C15H22N2/c1-15(10-6-3-7-11-15)12-17-14(16)13-8-4-2-5-9-13/h2,4-5,8-9H,3,6-7,10-12H2,1H3,(H2,16,17).